The zero-order valence-corrected chi connectivity index (χ0v) is 13.6. The van der Waals surface area contributed by atoms with E-state index in [-0.39, 0.29) is 11.8 Å². The average Bonchev–Trinajstić information content (AvgIpc) is 2.98. The first-order valence-electron chi connectivity index (χ1n) is 8.15. The molecular formula is C18H26N2O2. The van der Waals surface area contributed by atoms with E-state index in [1.165, 1.54) is 18.4 Å². The number of rotatable bonds is 6. The summed E-state index contributed by atoms with van der Waals surface area (Å²) >= 11 is 0. The van der Waals surface area contributed by atoms with E-state index in [9.17, 15) is 9.59 Å². The summed E-state index contributed by atoms with van der Waals surface area (Å²) in [5.41, 5.74) is 2.30. The first-order valence-corrected chi connectivity index (χ1v) is 8.15. The van der Waals surface area contributed by atoms with Gasteiger partial charge in [-0.15, -0.1) is 0 Å². The molecule has 1 saturated carbocycles. The standard InChI is InChI=1S/C18H26N2O2/c1-14-7-9-16(10-8-14)13-20(15(2)21)12-11-18(22)19-17-5-3-4-6-17/h7-10,17H,3-6,11-13H2,1-2H3,(H,19,22). The summed E-state index contributed by atoms with van der Waals surface area (Å²) in [6.45, 7) is 4.64. The van der Waals surface area contributed by atoms with Crippen LogP contribution < -0.4 is 5.32 Å². The Kier molecular flexibility index (Phi) is 5.99. The van der Waals surface area contributed by atoms with Crippen molar-refractivity contribution in [2.45, 2.75) is 58.5 Å². The minimum atomic E-state index is 0.00856. The van der Waals surface area contributed by atoms with Gasteiger partial charge in [-0.3, -0.25) is 9.59 Å². The van der Waals surface area contributed by atoms with Crippen LogP contribution >= 0.6 is 0 Å². The third-order valence-corrected chi connectivity index (χ3v) is 4.27. The van der Waals surface area contributed by atoms with E-state index in [1.54, 1.807) is 11.8 Å². The Morgan fingerprint density at radius 2 is 1.82 bits per heavy atom. The Morgan fingerprint density at radius 1 is 1.18 bits per heavy atom. The summed E-state index contributed by atoms with van der Waals surface area (Å²) in [6.07, 6.45) is 4.97. The smallest absolute Gasteiger partial charge is 0.221 e. The van der Waals surface area contributed by atoms with Gasteiger partial charge in [-0.25, -0.2) is 0 Å². The van der Waals surface area contributed by atoms with Gasteiger partial charge >= 0.3 is 0 Å². The van der Waals surface area contributed by atoms with E-state index in [4.69, 9.17) is 0 Å². The molecule has 0 atom stereocenters. The van der Waals surface area contributed by atoms with Crippen LogP contribution in [-0.2, 0) is 16.1 Å². The molecule has 0 heterocycles. The monoisotopic (exact) mass is 302 g/mol. The molecule has 1 N–H and O–H groups in total. The summed E-state index contributed by atoms with van der Waals surface area (Å²) < 4.78 is 0. The SMILES string of the molecule is CC(=O)N(CCC(=O)NC1CCCC1)Cc1ccc(C)cc1. The Labute approximate surface area is 132 Å². The lowest BCUT2D eigenvalue weighted by Gasteiger charge is -2.21. The van der Waals surface area contributed by atoms with E-state index in [0.717, 1.165) is 18.4 Å². The Morgan fingerprint density at radius 3 is 2.41 bits per heavy atom. The van der Waals surface area contributed by atoms with Crippen LogP contribution in [0.4, 0.5) is 0 Å². The average molecular weight is 302 g/mol. The van der Waals surface area contributed by atoms with E-state index < -0.39 is 0 Å². The van der Waals surface area contributed by atoms with Crippen molar-refractivity contribution in [3.05, 3.63) is 35.4 Å². The zero-order chi connectivity index (χ0) is 15.9. The molecule has 0 aromatic heterocycles. The van der Waals surface area contributed by atoms with Crippen LogP contribution in [0.25, 0.3) is 0 Å². The largest absolute Gasteiger partial charge is 0.353 e. The second-order valence-electron chi connectivity index (χ2n) is 6.23. The fraction of sp³-hybridized carbons (Fsp3) is 0.556. The summed E-state index contributed by atoms with van der Waals surface area (Å²) in [6, 6.07) is 8.49. The maximum atomic E-state index is 12.0. The molecule has 2 rings (SSSR count). The number of amides is 2. The Hall–Kier alpha value is -1.84. The number of nitrogens with one attached hydrogen (secondary N) is 1. The van der Waals surface area contributed by atoms with Crippen molar-refractivity contribution in [1.82, 2.24) is 10.2 Å². The zero-order valence-electron chi connectivity index (χ0n) is 13.6. The van der Waals surface area contributed by atoms with Crippen LogP contribution in [0.3, 0.4) is 0 Å². The minimum Gasteiger partial charge on any atom is -0.353 e. The van der Waals surface area contributed by atoms with Gasteiger partial charge in [0, 0.05) is 32.5 Å². The molecule has 22 heavy (non-hydrogen) atoms. The first kappa shape index (κ1) is 16.5. The molecule has 0 spiro atoms. The number of aryl methyl sites for hydroxylation is 1. The second-order valence-corrected chi connectivity index (χ2v) is 6.23. The molecule has 2 amide bonds. The van der Waals surface area contributed by atoms with Crippen molar-refractivity contribution in [1.29, 1.82) is 0 Å². The second kappa shape index (κ2) is 7.97. The predicted octanol–water partition coefficient (Wildman–Crippen LogP) is 2.79. The highest BCUT2D eigenvalue weighted by Crippen LogP contribution is 2.17. The fourth-order valence-electron chi connectivity index (χ4n) is 2.87. The molecule has 4 heteroatoms. The van der Waals surface area contributed by atoms with Gasteiger partial charge in [-0.2, -0.15) is 0 Å². The minimum absolute atomic E-state index is 0.00856. The molecule has 120 valence electrons. The van der Waals surface area contributed by atoms with Crippen LogP contribution in [0, 0.1) is 6.92 Å². The normalized spacial score (nSPS) is 14.8. The van der Waals surface area contributed by atoms with Crippen molar-refractivity contribution in [3.8, 4) is 0 Å². The molecule has 0 aliphatic heterocycles. The van der Waals surface area contributed by atoms with Crippen molar-refractivity contribution in [2.24, 2.45) is 0 Å². The van der Waals surface area contributed by atoms with Crippen molar-refractivity contribution < 1.29 is 9.59 Å². The third-order valence-electron chi connectivity index (χ3n) is 4.27. The van der Waals surface area contributed by atoms with Gasteiger partial charge in [0.1, 0.15) is 0 Å². The lowest BCUT2D eigenvalue weighted by atomic mass is 10.1. The Bertz CT molecular complexity index is 504. The Balaban J connectivity index is 1.82. The van der Waals surface area contributed by atoms with E-state index in [0.29, 0.717) is 25.6 Å². The molecule has 1 aromatic rings. The topological polar surface area (TPSA) is 49.4 Å². The predicted molar refractivity (Wildman–Crippen MR) is 87.3 cm³/mol. The number of hydrogen-bond acceptors (Lipinski definition) is 2. The maximum Gasteiger partial charge on any atom is 0.221 e. The quantitative estimate of drug-likeness (QED) is 0.878. The van der Waals surface area contributed by atoms with Crippen LogP contribution in [-0.4, -0.2) is 29.3 Å². The lowest BCUT2D eigenvalue weighted by molar-refractivity contribution is -0.130. The highest BCUT2D eigenvalue weighted by molar-refractivity contribution is 5.78. The van der Waals surface area contributed by atoms with Gasteiger partial charge in [0.05, 0.1) is 0 Å². The molecule has 4 nitrogen and oxygen atoms in total. The van der Waals surface area contributed by atoms with Gasteiger partial charge in [0.15, 0.2) is 0 Å². The summed E-state index contributed by atoms with van der Waals surface area (Å²) in [4.78, 5) is 25.5. The van der Waals surface area contributed by atoms with Crippen molar-refractivity contribution in [2.75, 3.05) is 6.54 Å². The molecular weight excluding hydrogens is 276 g/mol. The highest BCUT2D eigenvalue weighted by Gasteiger charge is 2.18. The molecule has 0 radical (unpaired) electrons. The number of carbonyl (C=O) groups is 2. The van der Waals surface area contributed by atoms with Crippen molar-refractivity contribution in [3.63, 3.8) is 0 Å². The lowest BCUT2D eigenvalue weighted by Crippen LogP contribution is -2.36. The molecule has 0 unspecified atom stereocenters. The maximum absolute atomic E-state index is 12.0. The number of carbonyl (C=O) groups excluding carboxylic acids is 2. The van der Waals surface area contributed by atoms with Gasteiger partial charge < -0.3 is 10.2 Å². The third kappa shape index (κ3) is 5.17. The number of nitrogens with zero attached hydrogens (tertiary/aromatic N) is 1. The molecule has 1 aliphatic rings. The number of hydrogen-bond donors (Lipinski definition) is 1. The number of benzene rings is 1. The van der Waals surface area contributed by atoms with Gasteiger partial charge in [0.2, 0.25) is 11.8 Å². The fourth-order valence-corrected chi connectivity index (χ4v) is 2.87. The summed E-state index contributed by atoms with van der Waals surface area (Å²) in [5.74, 6) is 0.0660. The molecule has 1 aromatic carbocycles. The molecule has 1 aliphatic carbocycles. The summed E-state index contributed by atoms with van der Waals surface area (Å²) in [7, 11) is 0. The first-order chi connectivity index (χ1) is 10.5. The van der Waals surface area contributed by atoms with Gasteiger partial charge in [-0.1, -0.05) is 42.7 Å². The van der Waals surface area contributed by atoms with Crippen LogP contribution in [0.2, 0.25) is 0 Å². The van der Waals surface area contributed by atoms with Crippen LogP contribution in [0.1, 0.15) is 50.2 Å². The highest BCUT2D eigenvalue weighted by atomic mass is 16.2. The van der Waals surface area contributed by atoms with E-state index in [2.05, 4.69) is 5.32 Å². The van der Waals surface area contributed by atoms with Crippen LogP contribution in [0.5, 0.6) is 0 Å². The molecule has 0 saturated heterocycles. The van der Waals surface area contributed by atoms with E-state index >= 15 is 0 Å². The molecule has 1 fully saturated rings. The molecule has 0 bridgehead atoms. The summed E-state index contributed by atoms with van der Waals surface area (Å²) in [5, 5.41) is 3.07. The van der Waals surface area contributed by atoms with Gasteiger partial charge in [-0.05, 0) is 25.3 Å². The van der Waals surface area contributed by atoms with E-state index in [1.807, 2.05) is 31.2 Å². The van der Waals surface area contributed by atoms with Crippen molar-refractivity contribution >= 4 is 11.8 Å². The van der Waals surface area contributed by atoms with Crippen LogP contribution in [0.15, 0.2) is 24.3 Å². The van der Waals surface area contributed by atoms with Gasteiger partial charge in [0.25, 0.3) is 0 Å².